The van der Waals surface area contributed by atoms with E-state index >= 15 is 0 Å². The molecule has 2 aromatic carbocycles. The van der Waals surface area contributed by atoms with E-state index in [0.717, 1.165) is 27.8 Å². The smallest absolute Gasteiger partial charge is 0.244 e. The van der Waals surface area contributed by atoms with Gasteiger partial charge in [0.05, 0.1) is 19.2 Å². The van der Waals surface area contributed by atoms with E-state index in [2.05, 4.69) is 33.4 Å². The Hall–Kier alpha value is -2.14. The second kappa shape index (κ2) is 11.5. The minimum absolute atomic E-state index is 0.149. The van der Waals surface area contributed by atoms with Crippen LogP contribution in [0.15, 0.2) is 58.1 Å². The molecule has 0 heterocycles. The van der Waals surface area contributed by atoms with E-state index in [0.29, 0.717) is 13.0 Å². The van der Waals surface area contributed by atoms with Crippen LogP contribution >= 0.6 is 15.9 Å². The summed E-state index contributed by atoms with van der Waals surface area (Å²) in [6, 6.07) is 15.4. The topological polar surface area (TPSA) is 50.7 Å². The molecule has 0 aliphatic rings. The van der Waals surface area contributed by atoms with Crippen LogP contribution in [0.1, 0.15) is 43.7 Å². The Labute approximate surface area is 163 Å². The molecule has 0 bridgehead atoms. The van der Waals surface area contributed by atoms with Gasteiger partial charge in [0.15, 0.2) is 0 Å². The van der Waals surface area contributed by atoms with Crippen LogP contribution in [0, 0.1) is 0 Å². The average Bonchev–Trinajstić information content (AvgIpc) is 2.64. The summed E-state index contributed by atoms with van der Waals surface area (Å²) in [5.41, 5.74) is 4.36. The van der Waals surface area contributed by atoms with Gasteiger partial charge in [0.2, 0.25) is 5.91 Å². The molecule has 1 amide bonds. The summed E-state index contributed by atoms with van der Waals surface area (Å²) in [4.78, 5) is 12.0. The van der Waals surface area contributed by atoms with Crippen molar-refractivity contribution in [2.24, 2.45) is 5.10 Å². The Kier molecular flexibility index (Phi) is 8.90. The number of nitrogens with zero attached hydrogens (tertiary/aromatic N) is 1. The maximum absolute atomic E-state index is 12.0. The van der Waals surface area contributed by atoms with Crippen molar-refractivity contribution in [3.8, 4) is 5.75 Å². The molecule has 5 heteroatoms. The van der Waals surface area contributed by atoms with E-state index in [4.69, 9.17) is 4.74 Å². The van der Waals surface area contributed by atoms with E-state index in [9.17, 15) is 4.79 Å². The Morgan fingerprint density at radius 1 is 1.15 bits per heavy atom. The van der Waals surface area contributed by atoms with Crippen LogP contribution in [-0.4, -0.2) is 18.7 Å². The number of hydrogen-bond acceptors (Lipinski definition) is 3. The predicted octanol–water partition coefficient (Wildman–Crippen LogP) is 5.10. The summed E-state index contributed by atoms with van der Waals surface area (Å²) in [6.07, 6.45) is 6.57. The Morgan fingerprint density at radius 2 is 1.96 bits per heavy atom. The first-order valence-corrected chi connectivity index (χ1v) is 9.76. The van der Waals surface area contributed by atoms with Crippen LogP contribution in [0.3, 0.4) is 0 Å². The zero-order valence-electron chi connectivity index (χ0n) is 15.1. The molecule has 0 aliphatic heterocycles. The number of benzene rings is 2. The van der Waals surface area contributed by atoms with Gasteiger partial charge in [-0.2, -0.15) is 5.10 Å². The molecule has 4 nitrogen and oxygen atoms in total. The first-order chi connectivity index (χ1) is 12.7. The van der Waals surface area contributed by atoms with Gasteiger partial charge in [0.1, 0.15) is 5.75 Å². The lowest BCUT2D eigenvalue weighted by atomic mass is 10.1. The summed E-state index contributed by atoms with van der Waals surface area (Å²) in [5.74, 6) is 0.621. The molecule has 0 saturated heterocycles. The van der Waals surface area contributed by atoms with Gasteiger partial charge in [-0.3, -0.25) is 4.79 Å². The Bertz CT molecular complexity index is 717. The van der Waals surface area contributed by atoms with E-state index in [1.165, 1.54) is 19.3 Å². The number of carbonyl (C=O) groups is 1. The van der Waals surface area contributed by atoms with Gasteiger partial charge in [0.25, 0.3) is 0 Å². The molecule has 2 rings (SSSR count). The Balaban J connectivity index is 1.89. The number of carbonyl (C=O) groups excluding carboxylic acids is 1. The third-order valence-electron chi connectivity index (χ3n) is 3.83. The van der Waals surface area contributed by atoms with Crippen LogP contribution in [0.4, 0.5) is 0 Å². The molecule has 0 fully saturated rings. The van der Waals surface area contributed by atoms with Gasteiger partial charge in [-0.1, -0.05) is 72.4 Å². The lowest BCUT2D eigenvalue weighted by Crippen LogP contribution is -2.19. The van der Waals surface area contributed by atoms with Crippen LogP contribution in [0.2, 0.25) is 0 Å². The molecule has 0 spiro atoms. The molecule has 0 atom stereocenters. The van der Waals surface area contributed by atoms with Crippen molar-refractivity contribution < 1.29 is 9.53 Å². The molecular formula is C21H25BrN2O2. The molecule has 1 N–H and O–H groups in total. The second-order valence-electron chi connectivity index (χ2n) is 6.05. The summed E-state index contributed by atoms with van der Waals surface area (Å²) < 4.78 is 6.80. The molecule has 0 aliphatic carbocycles. The number of halogens is 1. The molecule has 2 aromatic rings. The molecule has 0 unspecified atom stereocenters. The fourth-order valence-corrected chi connectivity index (χ4v) is 2.84. The van der Waals surface area contributed by atoms with Gasteiger partial charge in [-0.05, 0) is 30.2 Å². The number of hydrazone groups is 1. The lowest BCUT2D eigenvalue weighted by Gasteiger charge is -2.09. The minimum atomic E-state index is -0.149. The lowest BCUT2D eigenvalue weighted by molar-refractivity contribution is -0.120. The molecule has 0 saturated carbocycles. The van der Waals surface area contributed by atoms with Gasteiger partial charge in [0, 0.05) is 10.0 Å². The van der Waals surface area contributed by atoms with Crippen LogP contribution in [-0.2, 0) is 11.2 Å². The normalized spacial score (nSPS) is 10.8. The highest BCUT2D eigenvalue weighted by Gasteiger charge is 2.04. The highest BCUT2D eigenvalue weighted by Crippen LogP contribution is 2.22. The first kappa shape index (κ1) is 20.2. The summed E-state index contributed by atoms with van der Waals surface area (Å²) in [5, 5.41) is 4.07. The SMILES string of the molecule is CCCCCCOc1ccc(Br)cc1/C=N/NC(=O)Cc1ccccc1. The highest BCUT2D eigenvalue weighted by molar-refractivity contribution is 9.10. The van der Waals surface area contributed by atoms with E-state index < -0.39 is 0 Å². The van der Waals surface area contributed by atoms with Crippen LogP contribution in [0.25, 0.3) is 0 Å². The van der Waals surface area contributed by atoms with Crippen LogP contribution < -0.4 is 10.2 Å². The number of amides is 1. The van der Waals surface area contributed by atoms with Crippen molar-refractivity contribution in [3.63, 3.8) is 0 Å². The third kappa shape index (κ3) is 7.40. The van der Waals surface area contributed by atoms with Gasteiger partial charge in [-0.15, -0.1) is 0 Å². The van der Waals surface area contributed by atoms with Crippen molar-refractivity contribution in [3.05, 3.63) is 64.1 Å². The molecule has 0 radical (unpaired) electrons. The fourth-order valence-electron chi connectivity index (χ4n) is 2.46. The van der Waals surface area contributed by atoms with Crippen molar-refractivity contribution in [1.82, 2.24) is 5.43 Å². The fraction of sp³-hybridized carbons (Fsp3) is 0.333. The zero-order valence-corrected chi connectivity index (χ0v) is 16.7. The number of hydrogen-bond donors (Lipinski definition) is 1. The monoisotopic (exact) mass is 416 g/mol. The molecule has 138 valence electrons. The summed E-state index contributed by atoms with van der Waals surface area (Å²) in [7, 11) is 0. The molecular weight excluding hydrogens is 392 g/mol. The van der Waals surface area contributed by atoms with Crippen molar-refractivity contribution in [2.75, 3.05) is 6.61 Å². The van der Waals surface area contributed by atoms with E-state index in [-0.39, 0.29) is 5.91 Å². The standard InChI is InChI=1S/C21H25BrN2O2/c1-2-3-4-8-13-26-20-12-11-19(22)15-18(20)16-23-24-21(25)14-17-9-6-5-7-10-17/h5-7,9-12,15-16H,2-4,8,13-14H2,1H3,(H,24,25)/b23-16+. The second-order valence-corrected chi connectivity index (χ2v) is 6.96. The number of ether oxygens (including phenoxy) is 1. The maximum atomic E-state index is 12.0. The van der Waals surface area contributed by atoms with Gasteiger partial charge >= 0.3 is 0 Å². The van der Waals surface area contributed by atoms with Crippen molar-refractivity contribution in [1.29, 1.82) is 0 Å². The van der Waals surface area contributed by atoms with Gasteiger partial charge in [-0.25, -0.2) is 5.43 Å². The average molecular weight is 417 g/mol. The number of unbranched alkanes of at least 4 members (excludes halogenated alkanes) is 3. The van der Waals surface area contributed by atoms with Crippen molar-refractivity contribution >= 4 is 28.1 Å². The first-order valence-electron chi connectivity index (χ1n) is 8.97. The van der Waals surface area contributed by atoms with Crippen LogP contribution in [0.5, 0.6) is 5.75 Å². The number of nitrogens with one attached hydrogen (secondary N) is 1. The minimum Gasteiger partial charge on any atom is -0.493 e. The molecule has 26 heavy (non-hydrogen) atoms. The summed E-state index contributed by atoms with van der Waals surface area (Å²) in [6.45, 7) is 2.87. The number of rotatable bonds is 10. The molecule has 0 aromatic heterocycles. The quantitative estimate of drug-likeness (QED) is 0.332. The van der Waals surface area contributed by atoms with Gasteiger partial charge < -0.3 is 4.74 Å². The Morgan fingerprint density at radius 3 is 2.73 bits per heavy atom. The largest absolute Gasteiger partial charge is 0.493 e. The summed E-state index contributed by atoms with van der Waals surface area (Å²) >= 11 is 3.46. The van der Waals surface area contributed by atoms with E-state index in [1.54, 1.807) is 6.21 Å². The van der Waals surface area contributed by atoms with E-state index in [1.807, 2.05) is 48.5 Å². The highest BCUT2D eigenvalue weighted by atomic mass is 79.9. The predicted molar refractivity (Wildman–Crippen MR) is 110 cm³/mol. The van der Waals surface area contributed by atoms with Crippen molar-refractivity contribution in [2.45, 2.75) is 39.0 Å². The third-order valence-corrected chi connectivity index (χ3v) is 4.32. The maximum Gasteiger partial charge on any atom is 0.244 e. The zero-order chi connectivity index (χ0) is 18.6.